The van der Waals surface area contributed by atoms with Gasteiger partial charge in [0.1, 0.15) is 0 Å². The van der Waals surface area contributed by atoms with Crippen molar-refractivity contribution >= 4 is 22.4 Å². The Morgan fingerprint density at radius 1 is 1.50 bits per heavy atom. The van der Waals surface area contributed by atoms with Gasteiger partial charge in [-0.2, -0.15) is 0 Å². The molecule has 0 saturated heterocycles. The topological polar surface area (TPSA) is 86.5 Å². The van der Waals surface area contributed by atoms with Gasteiger partial charge in [0.05, 0.1) is 25.3 Å². The number of ether oxygens (including phenoxy) is 2. The first-order valence-corrected chi connectivity index (χ1v) is 6.63. The van der Waals surface area contributed by atoms with Crippen LogP contribution in [0.1, 0.15) is 12.1 Å². The number of methoxy groups -OCH3 is 1. The lowest BCUT2D eigenvalue weighted by atomic mass is 10.3. The van der Waals surface area contributed by atoms with Crippen LogP contribution in [-0.4, -0.2) is 44.4 Å². The van der Waals surface area contributed by atoms with Crippen molar-refractivity contribution in [1.29, 1.82) is 0 Å². The van der Waals surface area contributed by atoms with Crippen molar-refractivity contribution in [2.45, 2.75) is 12.8 Å². The highest BCUT2D eigenvalue weighted by atomic mass is 32.1. The van der Waals surface area contributed by atoms with Crippen LogP contribution in [0.15, 0.2) is 5.38 Å². The molecule has 0 fully saturated rings. The lowest BCUT2D eigenvalue weighted by molar-refractivity contribution is -0.120. The highest BCUT2D eigenvalue weighted by molar-refractivity contribution is 7.13. The number of hydrogen-bond acceptors (Lipinski definition) is 6. The van der Waals surface area contributed by atoms with E-state index in [0.717, 1.165) is 6.42 Å². The first-order valence-electron chi connectivity index (χ1n) is 5.75. The first-order chi connectivity index (χ1) is 8.72. The van der Waals surface area contributed by atoms with E-state index in [0.29, 0.717) is 37.2 Å². The molecule has 1 heterocycles. The summed E-state index contributed by atoms with van der Waals surface area (Å²) in [5, 5.41) is 5.09. The predicted octanol–water partition coefficient (Wildman–Crippen LogP) is 0.437. The summed E-state index contributed by atoms with van der Waals surface area (Å²) >= 11 is 1.34. The number of amides is 1. The summed E-state index contributed by atoms with van der Waals surface area (Å²) in [5.41, 5.74) is 6.20. The second kappa shape index (κ2) is 8.84. The number of hydrogen-bond donors (Lipinski definition) is 2. The van der Waals surface area contributed by atoms with Crippen molar-refractivity contribution in [2.75, 3.05) is 39.2 Å². The summed E-state index contributed by atoms with van der Waals surface area (Å²) < 4.78 is 10.1. The van der Waals surface area contributed by atoms with Crippen molar-refractivity contribution in [3.63, 3.8) is 0 Å². The van der Waals surface area contributed by atoms with Gasteiger partial charge in [0.2, 0.25) is 5.91 Å². The van der Waals surface area contributed by atoms with Crippen LogP contribution in [0.25, 0.3) is 0 Å². The molecule has 0 aliphatic rings. The molecule has 0 radical (unpaired) electrons. The Labute approximate surface area is 110 Å². The molecule has 6 nitrogen and oxygen atoms in total. The number of nitrogen functional groups attached to an aromatic ring is 1. The van der Waals surface area contributed by atoms with Crippen LogP contribution in [0.2, 0.25) is 0 Å². The first kappa shape index (κ1) is 14.9. The number of anilines is 1. The van der Waals surface area contributed by atoms with E-state index in [4.69, 9.17) is 15.2 Å². The smallest absolute Gasteiger partial charge is 0.226 e. The van der Waals surface area contributed by atoms with Crippen molar-refractivity contribution in [3.05, 3.63) is 11.1 Å². The van der Waals surface area contributed by atoms with Crippen LogP contribution in [0.3, 0.4) is 0 Å². The van der Waals surface area contributed by atoms with Crippen molar-refractivity contribution in [2.24, 2.45) is 0 Å². The molecular formula is C11H19N3O3S. The summed E-state index contributed by atoms with van der Waals surface area (Å²) in [5.74, 6) is -0.0443. The fraction of sp³-hybridized carbons (Fsp3) is 0.636. The van der Waals surface area contributed by atoms with E-state index in [-0.39, 0.29) is 12.3 Å². The molecule has 3 N–H and O–H groups in total. The predicted molar refractivity (Wildman–Crippen MR) is 70.6 cm³/mol. The van der Waals surface area contributed by atoms with E-state index in [1.54, 1.807) is 12.5 Å². The molecule has 0 spiro atoms. The molecule has 18 heavy (non-hydrogen) atoms. The van der Waals surface area contributed by atoms with Gasteiger partial charge in [-0.3, -0.25) is 4.79 Å². The molecule has 0 atom stereocenters. The summed E-state index contributed by atoms with van der Waals surface area (Å²) in [7, 11) is 1.63. The Balaban J connectivity index is 2.00. The van der Waals surface area contributed by atoms with E-state index in [1.165, 1.54) is 11.3 Å². The average molecular weight is 273 g/mol. The van der Waals surface area contributed by atoms with Gasteiger partial charge < -0.3 is 20.5 Å². The van der Waals surface area contributed by atoms with E-state index in [2.05, 4.69) is 10.3 Å². The molecule has 7 heteroatoms. The number of carbonyl (C=O) groups is 1. The molecule has 0 aliphatic heterocycles. The van der Waals surface area contributed by atoms with Gasteiger partial charge in [0, 0.05) is 25.6 Å². The Bertz CT molecular complexity index is 357. The van der Waals surface area contributed by atoms with Gasteiger partial charge in [-0.05, 0) is 6.42 Å². The molecule has 0 aliphatic carbocycles. The quantitative estimate of drug-likeness (QED) is 0.637. The monoisotopic (exact) mass is 273 g/mol. The third kappa shape index (κ3) is 6.53. The summed E-state index contributed by atoms with van der Waals surface area (Å²) in [4.78, 5) is 15.5. The summed E-state index contributed by atoms with van der Waals surface area (Å²) in [6, 6.07) is 0. The number of nitrogens with two attached hydrogens (primary N) is 1. The maximum Gasteiger partial charge on any atom is 0.226 e. The minimum absolute atomic E-state index is 0.0443. The molecular weight excluding hydrogens is 254 g/mol. The standard InChI is InChI=1S/C11H19N3O3S/c1-16-5-6-17-4-2-3-13-10(15)7-9-8-18-11(12)14-9/h8H,2-7H2,1H3,(H2,12,14)(H,13,15). The number of rotatable bonds is 9. The van der Waals surface area contributed by atoms with Crippen LogP contribution < -0.4 is 11.1 Å². The van der Waals surface area contributed by atoms with Gasteiger partial charge in [0.25, 0.3) is 0 Å². The molecule has 1 rings (SSSR count). The Morgan fingerprint density at radius 3 is 3.00 bits per heavy atom. The maximum atomic E-state index is 11.5. The normalized spacial score (nSPS) is 10.5. The van der Waals surface area contributed by atoms with E-state index in [1.807, 2.05) is 0 Å². The third-order valence-electron chi connectivity index (χ3n) is 2.13. The van der Waals surface area contributed by atoms with Crippen molar-refractivity contribution in [3.8, 4) is 0 Å². The van der Waals surface area contributed by atoms with Gasteiger partial charge in [0.15, 0.2) is 5.13 Å². The van der Waals surface area contributed by atoms with E-state index >= 15 is 0 Å². The van der Waals surface area contributed by atoms with Gasteiger partial charge >= 0.3 is 0 Å². The number of nitrogens with one attached hydrogen (secondary N) is 1. The minimum Gasteiger partial charge on any atom is -0.382 e. The molecule has 0 saturated carbocycles. The molecule has 102 valence electrons. The zero-order valence-corrected chi connectivity index (χ0v) is 11.3. The van der Waals surface area contributed by atoms with Crippen molar-refractivity contribution in [1.82, 2.24) is 10.3 Å². The lowest BCUT2D eigenvalue weighted by Crippen LogP contribution is -2.27. The molecule has 0 aromatic carbocycles. The lowest BCUT2D eigenvalue weighted by Gasteiger charge is -2.05. The number of carbonyl (C=O) groups excluding carboxylic acids is 1. The van der Waals surface area contributed by atoms with Crippen LogP contribution in [0.5, 0.6) is 0 Å². The SMILES string of the molecule is COCCOCCCNC(=O)Cc1csc(N)n1. The largest absolute Gasteiger partial charge is 0.382 e. The van der Waals surface area contributed by atoms with Crippen LogP contribution in [0.4, 0.5) is 5.13 Å². The Morgan fingerprint density at radius 2 is 2.33 bits per heavy atom. The van der Waals surface area contributed by atoms with E-state index in [9.17, 15) is 4.79 Å². The van der Waals surface area contributed by atoms with Crippen LogP contribution in [0, 0.1) is 0 Å². The molecule has 1 aromatic heterocycles. The van der Waals surface area contributed by atoms with E-state index < -0.39 is 0 Å². The fourth-order valence-electron chi connectivity index (χ4n) is 1.28. The third-order valence-corrected chi connectivity index (χ3v) is 2.85. The average Bonchev–Trinajstić information content (AvgIpc) is 2.73. The van der Waals surface area contributed by atoms with Crippen LogP contribution >= 0.6 is 11.3 Å². The van der Waals surface area contributed by atoms with Gasteiger partial charge in [-0.1, -0.05) is 0 Å². The zero-order chi connectivity index (χ0) is 13.2. The number of nitrogens with zero attached hydrogens (tertiary/aromatic N) is 1. The summed E-state index contributed by atoms with van der Waals surface area (Å²) in [6.45, 7) is 2.40. The molecule has 0 unspecified atom stereocenters. The zero-order valence-electron chi connectivity index (χ0n) is 10.5. The highest BCUT2D eigenvalue weighted by Crippen LogP contribution is 2.11. The molecule has 1 aromatic rings. The number of aromatic nitrogens is 1. The Hall–Kier alpha value is -1.18. The second-order valence-electron chi connectivity index (χ2n) is 3.66. The minimum atomic E-state index is -0.0443. The maximum absolute atomic E-state index is 11.5. The Kier molecular flexibility index (Phi) is 7.31. The fourth-order valence-corrected chi connectivity index (χ4v) is 1.84. The second-order valence-corrected chi connectivity index (χ2v) is 4.55. The summed E-state index contributed by atoms with van der Waals surface area (Å²) in [6.07, 6.45) is 1.06. The van der Waals surface area contributed by atoms with Crippen LogP contribution in [-0.2, 0) is 20.7 Å². The molecule has 0 bridgehead atoms. The number of thiazole rings is 1. The molecule has 1 amide bonds. The van der Waals surface area contributed by atoms with Crippen molar-refractivity contribution < 1.29 is 14.3 Å². The van der Waals surface area contributed by atoms with Gasteiger partial charge in [-0.25, -0.2) is 4.98 Å². The highest BCUT2D eigenvalue weighted by Gasteiger charge is 2.05. The van der Waals surface area contributed by atoms with Gasteiger partial charge in [-0.15, -0.1) is 11.3 Å².